The highest BCUT2D eigenvalue weighted by atomic mass is 16.1. The summed E-state index contributed by atoms with van der Waals surface area (Å²) >= 11 is 0. The highest BCUT2D eigenvalue weighted by Crippen LogP contribution is 2.10. The Morgan fingerprint density at radius 3 is 2.36 bits per heavy atom. The average molecular weight is 196 g/mol. The van der Waals surface area contributed by atoms with Crippen molar-refractivity contribution in [2.45, 2.75) is 65.7 Å². The average Bonchev–Trinajstić information content (AvgIpc) is 2.12. The lowest BCUT2D eigenvalue weighted by molar-refractivity contribution is -0.116. The molecule has 0 aliphatic carbocycles. The Labute approximate surface area is 88.6 Å². The van der Waals surface area contributed by atoms with Crippen molar-refractivity contribution in [2.24, 2.45) is 0 Å². The number of Topliss-reactive ketones (excluding diaryl/α,β-unsaturated/α-hetero) is 1. The second-order valence-electron chi connectivity index (χ2n) is 4.10. The Kier molecular flexibility index (Phi) is 8.61. The molecule has 0 aromatic carbocycles. The number of ketones is 1. The van der Waals surface area contributed by atoms with Gasteiger partial charge in [-0.05, 0) is 33.1 Å². The SMILES string of the molecule is CCCCCCC(C)=CCCC(C)=O. The van der Waals surface area contributed by atoms with Crippen molar-refractivity contribution >= 4 is 5.78 Å². The Hall–Kier alpha value is -0.590. The summed E-state index contributed by atoms with van der Waals surface area (Å²) in [6.07, 6.45) is 10.3. The molecule has 0 N–H and O–H groups in total. The molecule has 0 aromatic heterocycles. The van der Waals surface area contributed by atoms with Crippen LogP contribution in [0.1, 0.15) is 65.7 Å². The molecular formula is C13H24O. The molecule has 0 aromatic rings. The van der Waals surface area contributed by atoms with Gasteiger partial charge >= 0.3 is 0 Å². The van der Waals surface area contributed by atoms with Gasteiger partial charge in [0.25, 0.3) is 0 Å². The summed E-state index contributed by atoms with van der Waals surface area (Å²) in [5.74, 6) is 0.292. The molecule has 0 aliphatic heterocycles. The molecule has 0 fully saturated rings. The third-order valence-corrected chi connectivity index (χ3v) is 2.41. The normalized spacial score (nSPS) is 11.8. The minimum atomic E-state index is 0.292. The number of rotatable bonds is 8. The van der Waals surface area contributed by atoms with E-state index < -0.39 is 0 Å². The second-order valence-corrected chi connectivity index (χ2v) is 4.10. The molecule has 0 atom stereocenters. The maximum atomic E-state index is 10.7. The summed E-state index contributed by atoms with van der Waals surface area (Å²) in [6, 6.07) is 0. The standard InChI is InChI=1S/C13H24O/c1-4-5-6-7-9-12(2)10-8-11-13(3)14/h10H,4-9,11H2,1-3H3. The van der Waals surface area contributed by atoms with Crippen LogP contribution < -0.4 is 0 Å². The van der Waals surface area contributed by atoms with Crippen molar-refractivity contribution in [3.63, 3.8) is 0 Å². The van der Waals surface area contributed by atoms with Crippen LogP contribution in [0.5, 0.6) is 0 Å². The number of carbonyl (C=O) groups excluding carboxylic acids is 1. The van der Waals surface area contributed by atoms with Gasteiger partial charge in [0, 0.05) is 6.42 Å². The summed E-state index contributed by atoms with van der Waals surface area (Å²) in [5, 5.41) is 0. The number of allylic oxidation sites excluding steroid dienone is 2. The van der Waals surface area contributed by atoms with Gasteiger partial charge in [0.15, 0.2) is 0 Å². The molecule has 82 valence electrons. The summed E-state index contributed by atoms with van der Waals surface area (Å²) in [4.78, 5) is 10.7. The van der Waals surface area contributed by atoms with Crippen LogP contribution in [-0.4, -0.2) is 5.78 Å². The first kappa shape index (κ1) is 13.4. The van der Waals surface area contributed by atoms with Crippen LogP contribution in [0.4, 0.5) is 0 Å². The molecule has 0 rings (SSSR count). The van der Waals surface area contributed by atoms with E-state index in [0.29, 0.717) is 12.2 Å². The van der Waals surface area contributed by atoms with Crippen LogP contribution in [0.3, 0.4) is 0 Å². The first-order valence-corrected chi connectivity index (χ1v) is 5.82. The van der Waals surface area contributed by atoms with Crippen LogP contribution in [0.2, 0.25) is 0 Å². The summed E-state index contributed by atoms with van der Waals surface area (Å²) in [7, 11) is 0. The van der Waals surface area contributed by atoms with Crippen molar-refractivity contribution < 1.29 is 4.79 Å². The Morgan fingerprint density at radius 1 is 1.07 bits per heavy atom. The van der Waals surface area contributed by atoms with Crippen molar-refractivity contribution in [3.8, 4) is 0 Å². The van der Waals surface area contributed by atoms with Crippen LogP contribution >= 0.6 is 0 Å². The molecule has 0 saturated carbocycles. The van der Waals surface area contributed by atoms with Gasteiger partial charge in [-0.15, -0.1) is 0 Å². The van der Waals surface area contributed by atoms with Gasteiger partial charge in [0.05, 0.1) is 0 Å². The molecule has 0 bridgehead atoms. The minimum Gasteiger partial charge on any atom is -0.300 e. The number of carbonyl (C=O) groups is 1. The van der Waals surface area contributed by atoms with E-state index in [0.717, 1.165) is 6.42 Å². The Morgan fingerprint density at radius 2 is 1.79 bits per heavy atom. The maximum Gasteiger partial charge on any atom is 0.130 e. The van der Waals surface area contributed by atoms with E-state index >= 15 is 0 Å². The van der Waals surface area contributed by atoms with Crippen molar-refractivity contribution in [1.29, 1.82) is 0 Å². The van der Waals surface area contributed by atoms with Gasteiger partial charge in [-0.1, -0.05) is 37.8 Å². The quantitative estimate of drug-likeness (QED) is 0.418. The number of hydrogen-bond donors (Lipinski definition) is 0. The molecule has 0 aliphatic rings. The smallest absolute Gasteiger partial charge is 0.130 e. The lowest BCUT2D eigenvalue weighted by Crippen LogP contribution is -1.87. The molecule has 0 unspecified atom stereocenters. The fourth-order valence-corrected chi connectivity index (χ4v) is 1.45. The molecule has 0 spiro atoms. The van der Waals surface area contributed by atoms with Gasteiger partial charge < -0.3 is 4.79 Å². The minimum absolute atomic E-state index is 0.292. The van der Waals surface area contributed by atoms with Crippen molar-refractivity contribution in [1.82, 2.24) is 0 Å². The number of unbranched alkanes of at least 4 members (excludes halogenated alkanes) is 3. The van der Waals surface area contributed by atoms with Gasteiger partial charge in [-0.3, -0.25) is 0 Å². The molecule has 1 heteroatoms. The second kappa shape index (κ2) is 8.98. The van der Waals surface area contributed by atoms with Crippen LogP contribution in [-0.2, 0) is 4.79 Å². The monoisotopic (exact) mass is 196 g/mol. The summed E-state index contributed by atoms with van der Waals surface area (Å²) < 4.78 is 0. The Balaban J connectivity index is 3.42. The first-order chi connectivity index (χ1) is 6.66. The predicted octanol–water partition coefficient (Wildman–Crippen LogP) is 4.27. The first-order valence-electron chi connectivity index (χ1n) is 5.82. The van der Waals surface area contributed by atoms with E-state index in [2.05, 4.69) is 19.9 Å². The maximum absolute atomic E-state index is 10.7. The molecule has 0 heterocycles. The van der Waals surface area contributed by atoms with E-state index in [1.807, 2.05) is 0 Å². The third-order valence-electron chi connectivity index (χ3n) is 2.41. The van der Waals surface area contributed by atoms with Crippen molar-refractivity contribution in [3.05, 3.63) is 11.6 Å². The predicted molar refractivity (Wildman–Crippen MR) is 62.4 cm³/mol. The lowest BCUT2D eigenvalue weighted by atomic mass is 10.1. The summed E-state index contributed by atoms with van der Waals surface area (Å²) in [5.41, 5.74) is 1.45. The van der Waals surface area contributed by atoms with Crippen LogP contribution in [0.25, 0.3) is 0 Å². The lowest BCUT2D eigenvalue weighted by Gasteiger charge is -2.00. The molecule has 14 heavy (non-hydrogen) atoms. The van der Waals surface area contributed by atoms with Gasteiger partial charge in [-0.2, -0.15) is 0 Å². The zero-order valence-electron chi connectivity index (χ0n) is 9.94. The van der Waals surface area contributed by atoms with Gasteiger partial charge in [0.1, 0.15) is 5.78 Å². The van der Waals surface area contributed by atoms with E-state index in [4.69, 9.17) is 0 Å². The molecule has 0 saturated heterocycles. The van der Waals surface area contributed by atoms with Gasteiger partial charge in [0.2, 0.25) is 0 Å². The zero-order chi connectivity index (χ0) is 10.8. The topological polar surface area (TPSA) is 17.1 Å². The molecule has 0 radical (unpaired) electrons. The van der Waals surface area contributed by atoms with E-state index in [1.165, 1.54) is 37.7 Å². The van der Waals surface area contributed by atoms with E-state index in [1.54, 1.807) is 6.92 Å². The van der Waals surface area contributed by atoms with Crippen LogP contribution in [0.15, 0.2) is 11.6 Å². The zero-order valence-corrected chi connectivity index (χ0v) is 9.94. The Bertz CT molecular complexity index is 180. The fraction of sp³-hybridized carbons (Fsp3) is 0.769. The number of hydrogen-bond acceptors (Lipinski definition) is 1. The highest BCUT2D eigenvalue weighted by molar-refractivity contribution is 5.75. The highest BCUT2D eigenvalue weighted by Gasteiger charge is 1.93. The fourth-order valence-electron chi connectivity index (χ4n) is 1.45. The molecule has 1 nitrogen and oxygen atoms in total. The van der Waals surface area contributed by atoms with Crippen molar-refractivity contribution in [2.75, 3.05) is 0 Å². The largest absolute Gasteiger partial charge is 0.300 e. The van der Waals surface area contributed by atoms with E-state index in [-0.39, 0.29) is 0 Å². The third kappa shape index (κ3) is 9.50. The van der Waals surface area contributed by atoms with Crippen LogP contribution in [0, 0.1) is 0 Å². The van der Waals surface area contributed by atoms with Gasteiger partial charge in [-0.25, -0.2) is 0 Å². The summed E-state index contributed by atoms with van der Waals surface area (Å²) in [6.45, 7) is 6.06. The van der Waals surface area contributed by atoms with E-state index in [9.17, 15) is 4.79 Å². The molecule has 0 amide bonds. The molecular weight excluding hydrogens is 172 g/mol.